The molecule has 1 aromatic heterocycles. The fraction of sp³-hybridized carbons (Fsp3) is 0.174. The van der Waals surface area contributed by atoms with Gasteiger partial charge in [0, 0.05) is 0 Å². The fourth-order valence-electron chi connectivity index (χ4n) is 3.30. The number of amides is 1. The number of hydrogen-bond donors (Lipinski definition) is 3. The van der Waals surface area contributed by atoms with Gasteiger partial charge in [-0.25, -0.2) is 0 Å². The van der Waals surface area contributed by atoms with Crippen LogP contribution in [-0.2, 0) is 11.4 Å². The fourth-order valence-corrected chi connectivity index (χ4v) is 4.26. The highest BCUT2D eigenvalue weighted by atomic mass is 35.5. The summed E-state index contributed by atoms with van der Waals surface area (Å²) in [4.78, 5) is 18.3. The van der Waals surface area contributed by atoms with Crippen molar-refractivity contribution in [3.05, 3.63) is 81.0 Å². The van der Waals surface area contributed by atoms with Crippen LogP contribution in [0.5, 0.6) is 5.75 Å². The molecule has 0 saturated heterocycles. The molecule has 6 nitrogen and oxygen atoms in total. The summed E-state index contributed by atoms with van der Waals surface area (Å²) in [5.41, 5.74) is 7.47. The molecule has 0 fully saturated rings. The topological polar surface area (TPSA) is 79.8 Å². The minimum atomic E-state index is -0.281. The SMILES string of the molecule is COc1ccc(-c2ccc(C3=CC(CNC(=O)c4ccc(Cl)s4)ON3)cc2)c(CO)c1. The normalized spacial score (nSPS) is 15.3. The number of aliphatic hydroxyl groups is 1. The number of carbonyl (C=O) groups is 1. The van der Waals surface area contributed by atoms with Crippen molar-refractivity contribution in [2.45, 2.75) is 12.7 Å². The van der Waals surface area contributed by atoms with Gasteiger partial charge in [0.15, 0.2) is 0 Å². The van der Waals surface area contributed by atoms with Crippen LogP contribution in [0.25, 0.3) is 16.8 Å². The lowest BCUT2D eigenvalue weighted by molar-refractivity contribution is 0.0499. The highest BCUT2D eigenvalue weighted by Crippen LogP contribution is 2.29. The van der Waals surface area contributed by atoms with E-state index in [-0.39, 0.29) is 18.6 Å². The van der Waals surface area contributed by atoms with Crippen molar-refractivity contribution < 1.29 is 19.5 Å². The van der Waals surface area contributed by atoms with Crippen molar-refractivity contribution in [2.24, 2.45) is 0 Å². The number of ether oxygens (including phenoxy) is 1. The Morgan fingerprint density at radius 1 is 1.19 bits per heavy atom. The van der Waals surface area contributed by atoms with Crippen LogP contribution in [0.2, 0.25) is 4.34 Å². The third-order valence-corrected chi connectivity index (χ3v) is 6.15. The summed E-state index contributed by atoms with van der Waals surface area (Å²) in [5.74, 6) is 0.535. The van der Waals surface area contributed by atoms with Gasteiger partial charge in [0.1, 0.15) is 11.9 Å². The van der Waals surface area contributed by atoms with Gasteiger partial charge in [-0.05, 0) is 52.6 Å². The Bertz CT molecular complexity index is 1110. The number of rotatable bonds is 7. The van der Waals surface area contributed by atoms with Gasteiger partial charge in [-0.3, -0.25) is 15.1 Å². The van der Waals surface area contributed by atoms with Gasteiger partial charge in [-0.2, -0.15) is 0 Å². The zero-order chi connectivity index (χ0) is 21.8. The molecule has 8 heteroatoms. The number of carbonyl (C=O) groups excluding carboxylic acids is 1. The van der Waals surface area contributed by atoms with Crippen LogP contribution in [0.1, 0.15) is 20.8 Å². The minimum absolute atomic E-state index is 0.0695. The molecule has 0 bridgehead atoms. The average Bonchev–Trinajstić information content (AvgIpc) is 3.46. The van der Waals surface area contributed by atoms with E-state index < -0.39 is 0 Å². The second kappa shape index (κ2) is 9.53. The third-order valence-electron chi connectivity index (χ3n) is 4.92. The van der Waals surface area contributed by atoms with Gasteiger partial charge in [0.05, 0.1) is 35.2 Å². The van der Waals surface area contributed by atoms with Gasteiger partial charge in [0.2, 0.25) is 0 Å². The van der Waals surface area contributed by atoms with Crippen LogP contribution in [0, 0.1) is 0 Å². The zero-order valence-corrected chi connectivity index (χ0v) is 18.3. The summed E-state index contributed by atoms with van der Waals surface area (Å²) in [7, 11) is 1.60. The Hall–Kier alpha value is -2.84. The molecular weight excluding hydrogens is 436 g/mol. The Morgan fingerprint density at radius 3 is 2.65 bits per heavy atom. The van der Waals surface area contributed by atoms with Crippen LogP contribution < -0.4 is 15.5 Å². The summed E-state index contributed by atoms with van der Waals surface area (Å²) in [6, 6.07) is 17.0. The molecule has 0 spiro atoms. The van der Waals surface area contributed by atoms with Crippen molar-refractivity contribution in [1.29, 1.82) is 0 Å². The van der Waals surface area contributed by atoms with E-state index in [9.17, 15) is 9.90 Å². The van der Waals surface area contributed by atoms with Crippen molar-refractivity contribution in [2.75, 3.05) is 13.7 Å². The molecule has 31 heavy (non-hydrogen) atoms. The smallest absolute Gasteiger partial charge is 0.261 e. The summed E-state index contributed by atoms with van der Waals surface area (Å²) in [6.45, 7) is 0.272. The zero-order valence-electron chi connectivity index (χ0n) is 16.7. The predicted octanol–water partition coefficient (Wildman–Crippen LogP) is 4.24. The maximum atomic E-state index is 12.1. The lowest BCUT2D eigenvalue weighted by Gasteiger charge is -2.11. The van der Waals surface area contributed by atoms with Crippen molar-refractivity contribution in [3.63, 3.8) is 0 Å². The first-order valence-corrected chi connectivity index (χ1v) is 10.8. The monoisotopic (exact) mass is 456 g/mol. The number of methoxy groups -OCH3 is 1. The van der Waals surface area contributed by atoms with Crippen LogP contribution in [0.3, 0.4) is 0 Å². The molecule has 0 aliphatic carbocycles. The number of halogens is 1. The molecule has 3 aromatic rings. The highest BCUT2D eigenvalue weighted by molar-refractivity contribution is 7.18. The van der Waals surface area contributed by atoms with Gasteiger partial charge in [0.25, 0.3) is 5.91 Å². The second-order valence-electron chi connectivity index (χ2n) is 6.91. The Labute approximate surface area is 189 Å². The van der Waals surface area contributed by atoms with Gasteiger partial charge in [-0.1, -0.05) is 41.9 Å². The molecule has 3 N–H and O–H groups in total. The van der Waals surface area contributed by atoms with E-state index in [1.165, 1.54) is 11.3 Å². The minimum Gasteiger partial charge on any atom is -0.497 e. The Balaban J connectivity index is 1.42. The predicted molar refractivity (Wildman–Crippen MR) is 122 cm³/mol. The molecule has 0 radical (unpaired) electrons. The quantitative estimate of drug-likeness (QED) is 0.495. The average molecular weight is 457 g/mol. The molecule has 1 aliphatic heterocycles. The molecule has 1 unspecified atom stereocenters. The van der Waals surface area contributed by atoms with E-state index in [0.717, 1.165) is 28.0 Å². The first kappa shape index (κ1) is 21.4. The largest absolute Gasteiger partial charge is 0.497 e. The first-order chi connectivity index (χ1) is 15.1. The second-order valence-corrected chi connectivity index (χ2v) is 8.63. The summed E-state index contributed by atoms with van der Waals surface area (Å²) >= 11 is 7.11. The van der Waals surface area contributed by atoms with Gasteiger partial charge in [-0.15, -0.1) is 11.3 Å². The third kappa shape index (κ3) is 4.91. The summed E-state index contributed by atoms with van der Waals surface area (Å²) < 4.78 is 5.81. The Morgan fingerprint density at radius 2 is 1.97 bits per heavy atom. The standard InChI is InChI=1S/C23H21ClN2O4S/c1-29-17-6-7-19(16(10-17)13-27)14-2-4-15(5-3-14)20-11-18(30-26-20)12-25-23(28)21-8-9-22(24)31-21/h2-11,18,26-27H,12-13H2,1H3,(H,25,28). The number of thiophene rings is 1. The first-order valence-electron chi connectivity index (χ1n) is 9.63. The van der Waals surface area contributed by atoms with Crippen LogP contribution >= 0.6 is 22.9 Å². The summed E-state index contributed by atoms with van der Waals surface area (Å²) in [6.07, 6.45) is 1.65. The molecule has 160 valence electrons. The van der Waals surface area contributed by atoms with E-state index in [2.05, 4.69) is 10.8 Å². The van der Waals surface area contributed by atoms with Crippen LogP contribution in [0.4, 0.5) is 0 Å². The number of aliphatic hydroxyl groups excluding tert-OH is 1. The molecule has 4 rings (SSSR count). The number of nitrogens with one attached hydrogen (secondary N) is 2. The highest BCUT2D eigenvalue weighted by Gasteiger charge is 2.19. The Kier molecular flexibility index (Phi) is 6.58. The maximum absolute atomic E-state index is 12.1. The lowest BCUT2D eigenvalue weighted by Crippen LogP contribution is -2.31. The number of benzene rings is 2. The molecular formula is C23H21ClN2O4S. The molecule has 1 aliphatic rings. The van der Waals surface area contributed by atoms with Crippen molar-refractivity contribution in [1.82, 2.24) is 10.8 Å². The van der Waals surface area contributed by atoms with Gasteiger partial charge >= 0.3 is 0 Å². The van der Waals surface area contributed by atoms with Crippen LogP contribution in [-0.4, -0.2) is 30.8 Å². The molecule has 1 atom stereocenters. The summed E-state index contributed by atoms with van der Waals surface area (Å²) in [5, 5.41) is 12.5. The molecule has 0 saturated carbocycles. The van der Waals surface area contributed by atoms with E-state index in [4.69, 9.17) is 21.2 Å². The number of hydroxylamine groups is 1. The van der Waals surface area contributed by atoms with Crippen molar-refractivity contribution >= 4 is 34.5 Å². The number of hydrogen-bond acceptors (Lipinski definition) is 6. The van der Waals surface area contributed by atoms with E-state index in [0.29, 0.717) is 21.5 Å². The lowest BCUT2D eigenvalue weighted by atomic mass is 9.98. The molecule has 1 amide bonds. The van der Waals surface area contributed by atoms with Gasteiger partial charge < -0.3 is 15.2 Å². The maximum Gasteiger partial charge on any atom is 0.261 e. The van der Waals surface area contributed by atoms with Crippen molar-refractivity contribution in [3.8, 4) is 16.9 Å². The van der Waals surface area contributed by atoms with Crippen LogP contribution in [0.15, 0.2) is 60.7 Å². The molecule has 2 aromatic carbocycles. The van der Waals surface area contributed by atoms with E-state index >= 15 is 0 Å². The van der Waals surface area contributed by atoms with E-state index in [1.807, 2.05) is 48.5 Å². The van der Waals surface area contributed by atoms with E-state index in [1.54, 1.807) is 19.2 Å². The molecule has 2 heterocycles.